The number of thioether (sulfide) groups is 1. The van der Waals surface area contributed by atoms with Crippen molar-refractivity contribution in [2.45, 2.75) is 38.5 Å². The highest BCUT2D eigenvalue weighted by molar-refractivity contribution is 8.00. The van der Waals surface area contributed by atoms with Crippen LogP contribution in [0, 0.1) is 13.8 Å². The fourth-order valence-corrected chi connectivity index (χ4v) is 3.62. The van der Waals surface area contributed by atoms with Crippen LogP contribution in [-0.4, -0.2) is 21.4 Å². The highest BCUT2D eigenvalue weighted by Crippen LogP contribution is 2.25. The van der Waals surface area contributed by atoms with Gasteiger partial charge in [-0.15, -0.1) is 11.8 Å². The minimum atomic E-state index is -0.0215. The number of benzene rings is 2. The first-order valence-corrected chi connectivity index (χ1v) is 10.1. The van der Waals surface area contributed by atoms with Crippen LogP contribution in [0.4, 0.5) is 5.69 Å². The Labute approximate surface area is 165 Å². The van der Waals surface area contributed by atoms with Crippen molar-refractivity contribution in [3.05, 3.63) is 71.5 Å². The summed E-state index contributed by atoms with van der Waals surface area (Å²) in [6, 6.07) is 18.4. The fourth-order valence-electron chi connectivity index (χ4n) is 2.92. The molecule has 0 aliphatic rings. The van der Waals surface area contributed by atoms with E-state index in [-0.39, 0.29) is 5.91 Å². The molecule has 0 fully saturated rings. The van der Waals surface area contributed by atoms with Crippen LogP contribution in [0.1, 0.15) is 36.7 Å². The van der Waals surface area contributed by atoms with Crippen molar-refractivity contribution in [2.24, 2.45) is 0 Å². The van der Waals surface area contributed by atoms with E-state index in [2.05, 4.69) is 48.5 Å². The number of anilines is 1. The quantitative estimate of drug-likeness (QED) is 0.588. The van der Waals surface area contributed by atoms with Crippen LogP contribution in [0.3, 0.4) is 0 Å². The molecule has 0 saturated heterocycles. The Hall–Kier alpha value is -2.53. The Morgan fingerprint density at radius 2 is 1.74 bits per heavy atom. The van der Waals surface area contributed by atoms with Crippen LogP contribution in [0.15, 0.2) is 59.5 Å². The van der Waals surface area contributed by atoms with E-state index in [1.165, 1.54) is 5.56 Å². The van der Waals surface area contributed by atoms with Crippen molar-refractivity contribution in [3.63, 3.8) is 0 Å². The van der Waals surface area contributed by atoms with Gasteiger partial charge in [0.15, 0.2) is 0 Å². The number of rotatable bonds is 6. The average molecular weight is 380 g/mol. The fraction of sp³-hybridized carbons (Fsp3) is 0.273. The van der Waals surface area contributed by atoms with E-state index in [1.54, 1.807) is 11.8 Å². The zero-order valence-electron chi connectivity index (χ0n) is 16.2. The van der Waals surface area contributed by atoms with Crippen molar-refractivity contribution in [3.8, 4) is 5.69 Å². The molecule has 27 heavy (non-hydrogen) atoms. The number of para-hydroxylation sites is 1. The van der Waals surface area contributed by atoms with E-state index in [1.807, 2.05) is 48.9 Å². The minimum absolute atomic E-state index is 0.0215. The Kier molecular flexibility index (Phi) is 6.01. The minimum Gasteiger partial charge on any atom is -0.322 e. The SMILES string of the molecule is Cc1nn(-c2ccccc2)c(C)c1NC(=O)CSc1ccc(C(C)C)cc1. The molecule has 0 aliphatic heterocycles. The number of carbonyl (C=O) groups is 1. The lowest BCUT2D eigenvalue weighted by molar-refractivity contribution is -0.113. The third-order valence-corrected chi connectivity index (χ3v) is 5.49. The van der Waals surface area contributed by atoms with E-state index in [0.29, 0.717) is 11.7 Å². The molecule has 0 unspecified atom stereocenters. The lowest BCUT2D eigenvalue weighted by Gasteiger charge is -2.08. The second-order valence-corrected chi connectivity index (χ2v) is 7.90. The summed E-state index contributed by atoms with van der Waals surface area (Å²) < 4.78 is 1.86. The van der Waals surface area contributed by atoms with Crippen LogP contribution < -0.4 is 5.32 Å². The standard InChI is InChI=1S/C22H25N3OS/c1-15(2)18-10-12-20(13-11-18)27-14-21(26)23-22-16(3)24-25(17(22)4)19-8-6-5-7-9-19/h5-13,15H,14H2,1-4H3,(H,23,26). The molecular formula is C22H25N3OS. The van der Waals surface area contributed by atoms with Gasteiger partial charge in [0.1, 0.15) is 0 Å². The molecule has 0 atom stereocenters. The molecule has 0 radical (unpaired) electrons. The van der Waals surface area contributed by atoms with Gasteiger partial charge in [-0.2, -0.15) is 5.10 Å². The number of nitrogens with one attached hydrogen (secondary N) is 1. The first-order valence-electron chi connectivity index (χ1n) is 9.10. The topological polar surface area (TPSA) is 46.9 Å². The monoisotopic (exact) mass is 379 g/mol. The largest absolute Gasteiger partial charge is 0.322 e. The smallest absolute Gasteiger partial charge is 0.234 e. The van der Waals surface area contributed by atoms with Crippen molar-refractivity contribution in [1.29, 1.82) is 0 Å². The van der Waals surface area contributed by atoms with Crippen LogP contribution in [0.5, 0.6) is 0 Å². The summed E-state index contributed by atoms with van der Waals surface area (Å²) in [6.07, 6.45) is 0. The second kappa shape index (κ2) is 8.44. The highest BCUT2D eigenvalue weighted by Gasteiger charge is 2.15. The number of hydrogen-bond donors (Lipinski definition) is 1. The molecule has 5 heteroatoms. The lowest BCUT2D eigenvalue weighted by atomic mass is 10.0. The first kappa shape index (κ1) is 19.2. The molecule has 1 amide bonds. The first-order chi connectivity index (χ1) is 13.0. The van der Waals surface area contributed by atoms with E-state index < -0.39 is 0 Å². The van der Waals surface area contributed by atoms with E-state index in [9.17, 15) is 4.79 Å². The third kappa shape index (κ3) is 4.61. The predicted molar refractivity (Wildman–Crippen MR) is 113 cm³/mol. The molecule has 3 rings (SSSR count). The molecule has 4 nitrogen and oxygen atoms in total. The molecular weight excluding hydrogens is 354 g/mol. The van der Waals surface area contributed by atoms with Crippen molar-refractivity contribution < 1.29 is 4.79 Å². The van der Waals surface area contributed by atoms with Crippen LogP contribution >= 0.6 is 11.8 Å². The predicted octanol–water partition coefficient (Wildman–Crippen LogP) is 5.34. The summed E-state index contributed by atoms with van der Waals surface area (Å²) in [7, 11) is 0. The van der Waals surface area contributed by atoms with Crippen LogP contribution in [0.2, 0.25) is 0 Å². The summed E-state index contributed by atoms with van der Waals surface area (Å²) in [5, 5.41) is 7.60. The van der Waals surface area contributed by atoms with Crippen LogP contribution in [-0.2, 0) is 4.79 Å². The summed E-state index contributed by atoms with van der Waals surface area (Å²) in [6.45, 7) is 8.24. The maximum Gasteiger partial charge on any atom is 0.234 e. The van der Waals surface area contributed by atoms with Gasteiger partial charge in [0.2, 0.25) is 5.91 Å². The average Bonchev–Trinajstić information content (AvgIpc) is 2.95. The number of nitrogens with zero attached hydrogens (tertiary/aromatic N) is 2. The third-order valence-electron chi connectivity index (χ3n) is 4.47. The van der Waals surface area contributed by atoms with Gasteiger partial charge in [-0.1, -0.05) is 44.2 Å². The Bertz CT molecular complexity index is 915. The normalized spacial score (nSPS) is 11.0. The van der Waals surface area contributed by atoms with Gasteiger partial charge in [0.05, 0.1) is 28.5 Å². The molecule has 0 aliphatic carbocycles. The van der Waals surface area contributed by atoms with Crippen molar-refractivity contribution >= 4 is 23.4 Å². The van der Waals surface area contributed by atoms with Crippen molar-refractivity contribution in [2.75, 3.05) is 11.1 Å². The summed E-state index contributed by atoms with van der Waals surface area (Å²) >= 11 is 1.54. The maximum absolute atomic E-state index is 12.4. The van der Waals surface area contributed by atoms with E-state index >= 15 is 0 Å². The second-order valence-electron chi connectivity index (χ2n) is 6.85. The summed E-state index contributed by atoms with van der Waals surface area (Å²) in [4.78, 5) is 13.5. The molecule has 2 aromatic carbocycles. The summed E-state index contributed by atoms with van der Waals surface area (Å²) in [5.41, 5.74) is 4.83. The number of carbonyl (C=O) groups excluding carboxylic acids is 1. The molecule has 140 valence electrons. The van der Waals surface area contributed by atoms with Gasteiger partial charge in [-0.05, 0) is 49.6 Å². The molecule has 0 bridgehead atoms. The van der Waals surface area contributed by atoms with Crippen molar-refractivity contribution in [1.82, 2.24) is 9.78 Å². The van der Waals surface area contributed by atoms with E-state index in [0.717, 1.165) is 27.7 Å². The molecule has 3 aromatic rings. The molecule has 1 heterocycles. The van der Waals surface area contributed by atoms with Gasteiger partial charge in [-0.25, -0.2) is 4.68 Å². The Morgan fingerprint density at radius 1 is 1.07 bits per heavy atom. The lowest BCUT2D eigenvalue weighted by Crippen LogP contribution is -2.15. The van der Waals surface area contributed by atoms with Gasteiger partial charge < -0.3 is 5.32 Å². The zero-order valence-corrected chi connectivity index (χ0v) is 17.0. The Morgan fingerprint density at radius 3 is 2.37 bits per heavy atom. The maximum atomic E-state index is 12.4. The van der Waals surface area contributed by atoms with Gasteiger partial charge in [0, 0.05) is 4.90 Å². The molecule has 1 aromatic heterocycles. The number of amides is 1. The highest BCUT2D eigenvalue weighted by atomic mass is 32.2. The van der Waals surface area contributed by atoms with Gasteiger partial charge >= 0.3 is 0 Å². The number of aryl methyl sites for hydroxylation is 1. The Balaban J connectivity index is 1.65. The molecule has 1 N–H and O–H groups in total. The van der Waals surface area contributed by atoms with Crippen LogP contribution in [0.25, 0.3) is 5.69 Å². The van der Waals surface area contributed by atoms with Gasteiger partial charge in [-0.3, -0.25) is 4.79 Å². The van der Waals surface area contributed by atoms with E-state index in [4.69, 9.17) is 0 Å². The molecule has 0 spiro atoms. The number of aromatic nitrogens is 2. The van der Waals surface area contributed by atoms with Gasteiger partial charge in [0.25, 0.3) is 0 Å². The molecule has 0 saturated carbocycles. The number of hydrogen-bond acceptors (Lipinski definition) is 3. The zero-order chi connectivity index (χ0) is 19.4. The summed E-state index contributed by atoms with van der Waals surface area (Å²) in [5.74, 6) is 0.863.